The zero-order chi connectivity index (χ0) is 25.6. The smallest absolute Gasteiger partial charge is 0.270 e. The highest BCUT2D eigenvalue weighted by Gasteiger charge is 2.28. The number of hydrogen-bond acceptors (Lipinski definition) is 6. The minimum atomic E-state index is -4.00. The number of sulfonamides is 2. The van der Waals surface area contributed by atoms with E-state index in [4.69, 9.17) is 10.3 Å². The standard InChI is InChI=1S/C22H21F2N5O4S2/c1-22(23,24)18-5-3-2-4-14(18)13-29-20-11-10-17(35(26,32)33)12-19(20)28-21(29)27-15-6-8-16(9-7-15)34(25,30)31/h2-12H,13H2,1H3,(H,27,28)(H2,25,30,31)(H2,26,32,33). The number of nitrogens with one attached hydrogen (secondary N) is 1. The van der Waals surface area contributed by atoms with Crippen LogP contribution in [0.4, 0.5) is 20.4 Å². The van der Waals surface area contributed by atoms with Gasteiger partial charge in [0.15, 0.2) is 0 Å². The molecule has 0 unspecified atom stereocenters. The van der Waals surface area contributed by atoms with Crippen LogP contribution in [-0.2, 0) is 32.5 Å². The lowest BCUT2D eigenvalue weighted by atomic mass is 10.0. The first-order chi connectivity index (χ1) is 16.2. The van der Waals surface area contributed by atoms with Gasteiger partial charge in [0.25, 0.3) is 5.92 Å². The summed E-state index contributed by atoms with van der Waals surface area (Å²) in [5, 5.41) is 13.4. The Labute approximate surface area is 200 Å². The van der Waals surface area contributed by atoms with Crippen LogP contribution in [0.3, 0.4) is 0 Å². The minimum Gasteiger partial charge on any atom is -0.326 e. The zero-order valence-corrected chi connectivity index (χ0v) is 19.9. The predicted octanol–water partition coefficient (Wildman–Crippen LogP) is 3.23. The Kier molecular flexibility index (Phi) is 6.13. The van der Waals surface area contributed by atoms with Crippen molar-refractivity contribution in [3.8, 4) is 0 Å². The van der Waals surface area contributed by atoms with Gasteiger partial charge in [0.1, 0.15) is 0 Å². The summed E-state index contributed by atoms with van der Waals surface area (Å²) in [7, 11) is -7.89. The predicted molar refractivity (Wildman–Crippen MR) is 127 cm³/mol. The van der Waals surface area contributed by atoms with E-state index >= 15 is 0 Å². The third-order valence-electron chi connectivity index (χ3n) is 5.31. The van der Waals surface area contributed by atoms with Crippen LogP contribution >= 0.6 is 0 Å². The van der Waals surface area contributed by atoms with Crippen molar-refractivity contribution < 1.29 is 25.6 Å². The van der Waals surface area contributed by atoms with E-state index < -0.39 is 26.0 Å². The molecule has 1 heterocycles. The first-order valence-electron chi connectivity index (χ1n) is 10.1. The van der Waals surface area contributed by atoms with E-state index in [1.54, 1.807) is 16.7 Å². The summed E-state index contributed by atoms with van der Waals surface area (Å²) in [5.41, 5.74) is 1.35. The number of imidazole rings is 1. The van der Waals surface area contributed by atoms with Crippen LogP contribution in [0.25, 0.3) is 11.0 Å². The molecule has 0 spiro atoms. The van der Waals surface area contributed by atoms with Crippen LogP contribution in [0.15, 0.2) is 76.5 Å². The van der Waals surface area contributed by atoms with E-state index in [0.29, 0.717) is 16.8 Å². The number of halogens is 2. The van der Waals surface area contributed by atoms with Gasteiger partial charge in [-0.1, -0.05) is 24.3 Å². The molecule has 0 saturated heterocycles. The monoisotopic (exact) mass is 521 g/mol. The summed E-state index contributed by atoms with van der Waals surface area (Å²) < 4.78 is 76.8. The van der Waals surface area contributed by atoms with Crippen molar-refractivity contribution in [2.75, 3.05) is 5.32 Å². The highest BCUT2D eigenvalue weighted by molar-refractivity contribution is 7.89. The number of nitrogens with zero attached hydrogens (tertiary/aromatic N) is 2. The molecular weight excluding hydrogens is 500 g/mol. The number of benzene rings is 3. The number of hydrogen-bond donors (Lipinski definition) is 3. The minimum absolute atomic E-state index is 0.0115. The normalized spacial score (nSPS) is 12.7. The van der Waals surface area contributed by atoms with Crippen molar-refractivity contribution in [1.82, 2.24) is 9.55 Å². The average molecular weight is 522 g/mol. The largest absolute Gasteiger partial charge is 0.326 e. The third kappa shape index (κ3) is 5.32. The molecule has 13 heteroatoms. The van der Waals surface area contributed by atoms with Crippen LogP contribution in [0.5, 0.6) is 0 Å². The quantitative estimate of drug-likeness (QED) is 0.340. The molecule has 1 aromatic heterocycles. The van der Waals surface area contributed by atoms with E-state index in [2.05, 4.69) is 10.3 Å². The van der Waals surface area contributed by atoms with Gasteiger partial charge in [-0.15, -0.1) is 0 Å². The Morgan fingerprint density at radius 1 is 0.914 bits per heavy atom. The van der Waals surface area contributed by atoms with Crippen LogP contribution in [0.2, 0.25) is 0 Å². The molecule has 0 aliphatic heterocycles. The van der Waals surface area contributed by atoms with Crippen LogP contribution in [-0.4, -0.2) is 26.4 Å². The fraction of sp³-hybridized carbons (Fsp3) is 0.136. The first-order valence-corrected chi connectivity index (χ1v) is 13.2. The molecule has 3 aromatic carbocycles. The highest BCUT2D eigenvalue weighted by Crippen LogP contribution is 2.32. The van der Waals surface area contributed by atoms with Crippen LogP contribution < -0.4 is 15.6 Å². The van der Waals surface area contributed by atoms with Crippen molar-refractivity contribution in [3.05, 3.63) is 77.9 Å². The number of alkyl halides is 2. The maximum absolute atomic E-state index is 14.2. The van der Waals surface area contributed by atoms with Gasteiger partial charge in [0.05, 0.1) is 27.4 Å². The Balaban J connectivity index is 1.84. The molecule has 184 valence electrons. The van der Waals surface area contributed by atoms with E-state index in [9.17, 15) is 25.6 Å². The lowest BCUT2D eigenvalue weighted by molar-refractivity contribution is 0.0165. The molecule has 9 nitrogen and oxygen atoms in total. The summed E-state index contributed by atoms with van der Waals surface area (Å²) in [5.74, 6) is -2.88. The number of nitrogens with two attached hydrogens (primary N) is 2. The fourth-order valence-corrected chi connectivity index (χ4v) is 4.70. The second-order valence-corrected chi connectivity index (χ2v) is 11.1. The first kappa shape index (κ1) is 24.7. The number of aromatic nitrogens is 2. The van der Waals surface area contributed by atoms with Crippen molar-refractivity contribution in [1.29, 1.82) is 0 Å². The molecule has 4 aromatic rings. The number of primary sulfonamides is 2. The van der Waals surface area contributed by atoms with Gasteiger partial charge in [0, 0.05) is 18.2 Å². The fourth-order valence-electron chi connectivity index (χ4n) is 3.66. The molecule has 0 radical (unpaired) electrons. The lowest BCUT2D eigenvalue weighted by Gasteiger charge is -2.18. The molecule has 4 rings (SSSR count). The molecule has 0 bridgehead atoms. The molecule has 0 saturated carbocycles. The van der Waals surface area contributed by atoms with E-state index in [1.165, 1.54) is 54.6 Å². The van der Waals surface area contributed by atoms with E-state index in [-0.39, 0.29) is 33.4 Å². The van der Waals surface area contributed by atoms with Gasteiger partial charge in [-0.05, 0) is 48.0 Å². The lowest BCUT2D eigenvalue weighted by Crippen LogP contribution is -2.14. The second kappa shape index (κ2) is 8.68. The van der Waals surface area contributed by atoms with Gasteiger partial charge in [0.2, 0.25) is 26.0 Å². The summed E-state index contributed by atoms with van der Waals surface area (Å²) in [6, 6.07) is 15.7. The van der Waals surface area contributed by atoms with Crippen LogP contribution in [0.1, 0.15) is 18.1 Å². The summed E-state index contributed by atoms with van der Waals surface area (Å²) in [6.07, 6.45) is 0. The van der Waals surface area contributed by atoms with Crippen molar-refractivity contribution in [3.63, 3.8) is 0 Å². The Bertz CT molecular complexity index is 1630. The number of rotatable bonds is 7. The van der Waals surface area contributed by atoms with E-state index in [1.807, 2.05) is 0 Å². The number of fused-ring (bicyclic) bond motifs is 1. The Morgan fingerprint density at radius 2 is 1.51 bits per heavy atom. The average Bonchev–Trinajstić information content (AvgIpc) is 3.09. The highest BCUT2D eigenvalue weighted by atomic mass is 32.2. The van der Waals surface area contributed by atoms with Crippen molar-refractivity contribution in [2.45, 2.75) is 29.2 Å². The Hall–Kier alpha value is -3.39. The Morgan fingerprint density at radius 3 is 2.11 bits per heavy atom. The van der Waals surface area contributed by atoms with E-state index in [0.717, 1.165) is 6.92 Å². The van der Waals surface area contributed by atoms with Crippen LogP contribution in [0, 0.1) is 0 Å². The van der Waals surface area contributed by atoms with Gasteiger partial charge < -0.3 is 9.88 Å². The maximum Gasteiger partial charge on any atom is 0.270 e. The SMILES string of the molecule is CC(F)(F)c1ccccc1Cn1c(Nc2ccc(S(N)(=O)=O)cc2)nc2cc(S(N)(=O)=O)ccc21. The molecule has 0 fully saturated rings. The summed E-state index contributed by atoms with van der Waals surface area (Å²) in [6.45, 7) is 0.796. The van der Waals surface area contributed by atoms with Gasteiger partial charge in [-0.2, -0.15) is 0 Å². The summed E-state index contributed by atoms with van der Waals surface area (Å²) >= 11 is 0. The molecule has 0 amide bonds. The zero-order valence-electron chi connectivity index (χ0n) is 18.3. The topological polar surface area (TPSA) is 150 Å². The molecule has 5 N–H and O–H groups in total. The van der Waals surface area contributed by atoms with Crippen molar-refractivity contribution >= 4 is 42.7 Å². The molecular formula is C22H21F2N5O4S2. The maximum atomic E-state index is 14.2. The van der Waals surface area contributed by atoms with Gasteiger partial charge in [-0.25, -0.2) is 40.9 Å². The second-order valence-electron chi connectivity index (χ2n) is 7.96. The van der Waals surface area contributed by atoms with Gasteiger partial charge in [-0.3, -0.25) is 0 Å². The van der Waals surface area contributed by atoms with Crippen molar-refractivity contribution in [2.24, 2.45) is 10.3 Å². The third-order valence-corrected chi connectivity index (χ3v) is 7.15. The van der Waals surface area contributed by atoms with Gasteiger partial charge >= 0.3 is 0 Å². The molecule has 0 aliphatic carbocycles. The molecule has 0 aliphatic rings. The number of anilines is 2. The molecule has 35 heavy (non-hydrogen) atoms. The molecule has 0 atom stereocenters. The summed E-state index contributed by atoms with van der Waals surface area (Å²) in [4.78, 5) is 4.20.